The van der Waals surface area contributed by atoms with Crippen LogP contribution in [0.4, 0.5) is 0 Å². The zero-order valence-electron chi connectivity index (χ0n) is 21.7. The Morgan fingerprint density at radius 3 is 2.31 bits per heavy atom. The summed E-state index contributed by atoms with van der Waals surface area (Å²) < 4.78 is 6.28. The highest BCUT2D eigenvalue weighted by Gasteiger charge is 2.82. The van der Waals surface area contributed by atoms with Crippen LogP contribution >= 0.6 is 0 Å². The first-order chi connectivity index (χ1) is 15.0. The highest BCUT2D eigenvalue weighted by Crippen LogP contribution is 2.89. The van der Waals surface area contributed by atoms with Crippen LogP contribution in [0.2, 0.25) is 0 Å². The van der Waals surface area contributed by atoms with E-state index in [1.807, 2.05) is 0 Å². The second kappa shape index (κ2) is 6.66. The van der Waals surface area contributed by atoms with Crippen molar-refractivity contribution in [3.05, 3.63) is 11.6 Å². The predicted octanol–water partition coefficient (Wildman–Crippen LogP) is 7.16. The van der Waals surface area contributed by atoms with Gasteiger partial charge in [-0.2, -0.15) is 0 Å². The van der Waals surface area contributed by atoms with E-state index >= 15 is 0 Å². The predicted molar refractivity (Wildman–Crippen MR) is 130 cm³/mol. The van der Waals surface area contributed by atoms with Gasteiger partial charge < -0.3 is 9.84 Å². The largest absolute Gasteiger partial charge is 0.393 e. The van der Waals surface area contributed by atoms with E-state index in [9.17, 15) is 5.11 Å². The zero-order valence-corrected chi connectivity index (χ0v) is 21.7. The van der Waals surface area contributed by atoms with Crippen LogP contribution in [0.15, 0.2) is 11.6 Å². The summed E-state index contributed by atoms with van der Waals surface area (Å²) in [4.78, 5) is 0. The maximum Gasteiger partial charge on any atom is 0.0761 e. The first-order valence-corrected chi connectivity index (χ1v) is 13.9. The maximum absolute atomic E-state index is 10.9. The lowest BCUT2D eigenvalue weighted by Crippen LogP contribution is -2.57. The molecule has 180 valence electrons. The molecule has 5 aliphatic carbocycles. The molecular formula is C30H48O2. The lowest BCUT2D eigenvalue weighted by molar-refractivity contribution is -0.161. The summed E-state index contributed by atoms with van der Waals surface area (Å²) in [5, 5.41) is 10.9. The number of fused-ring (bicyclic) bond motifs is 2. The Balaban J connectivity index is 1.28. The Bertz CT molecular complexity index is 825. The Labute approximate surface area is 197 Å². The third-order valence-corrected chi connectivity index (χ3v) is 13.3. The van der Waals surface area contributed by atoms with Gasteiger partial charge in [0.1, 0.15) is 0 Å². The standard InChI is InChI=1S/C30H48O2/c1-19(2)15-21-16-20(17-32-21)22-9-11-28(6)24-8-7-23-26(3,4)25(31)10-12-29(23)18-30(24,29)14-13-27(22,28)5/h15,20-25,31H,7-14,16-18H2,1-6H3. The molecule has 2 spiro atoms. The first kappa shape index (κ1) is 22.1. The average molecular weight is 441 g/mol. The number of aliphatic hydroxyl groups is 1. The lowest BCUT2D eigenvalue weighted by Gasteiger charge is -2.63. The highest BCUT2D eigenvalue weighted by atomic mass is 16.5. The number of hydrogen-bond donors (Lipinski definition) is 1. The Morgan fingerprint density at radius 2 is 1.56 bits per heavy atom. The molecule has 0 aromatic carbocycles. The van der Waals surface area contributed by atoms with E-state index in [0.29, 0.717) is 27.8 Å². The van der Waals surface area contributed by atoms with Crippen LogP contribution in [-0.2, 0) is 4.74 Å². The number of rotatable bonds is 2. The van der Waals surface area contributed by atoms with Crippen molar-refractivity contribution in [3.8, 4) is 0 Å². The third kappa shape index (κ3) is 2.50. The Kier molecular flexibility index (Phi) is 4.61. The van der Waals surface area contributed by atoms with Crippen LogP contribution in [0.3, 0.4) is 0 Å². The summed E-state index contributed by atoms with van der Waals surface area (Å²) in [6.07, 6.45) is 16.2. The van der Waals surface area contributed by atoms with Gasteiger partial charge in [-0.25, -0.2) is 0 Å². The van der Waals surface area contributed by atoms with Crippen molar-refractivity contribution >= 4 is 0 Å². The summed E-state index contributed by atoms with van der Waals surface area (Å²) >= 11 is 0. The van der Waals surface area contributed by atoms with E-state index in [0.717, 1.165) is 36.7 Å². The Hall–Kier alpha value is -0.340. The number of ether oxygens (including phenoxy) is 1. The molecule has 0 radical (unpaired) electrons. The first-order valence-electron chi connectivity index (χ1n) is 13.9. The average Bonchev–Trinajstić information content (AvgIpc) is 3.02. The van der Waals surface area contributed by atoms with Gasteiger partial charge >= 0.3 is 0 Å². The minimum atomic E-state index is -0.0938. The minimum Gasteiger partial charge on any atom is -0.393 e. The monoisotopic (exact) mass is 440 g/mol. The van der Waals surface area contributed by atoms with Crippen LogP contribution in [0.25, 0.3) is 0 Å². The second-order valence-corrected chi connectivity index (χ2v) is 14.6. The van der Waals surface area contributed by atoms with Crippen LogP contribution in [0, 0.1) is 50.7 Å². The normalized spacial score (nSPS) is 57.7. The molecule has 6 aliphatic rings. The van der Waals surface area contributed by atoms with E-state index in [1.54, 1.807) is 0 Å². The molecule has 32 heavy (non-hydrogen) atoms. The maximum atomic E-state index is 10.9. The molecule has 5 saturated carbocycles. The molecule has 2 heteroatoms. The van der Waals surface area contributed by atoms with Crippen molar-refractivity contribution in [2.45, 2.75) is 118 Å². The van der Waals surface area contributed by atoms with Crippen molar-refractivity contribution in [1.29, 1.82) is 0 Å². The van der Waals surface area contributed by atoms with E-state index < -0.39 is 0 Å². The fourth-order valence-electron chi connectivity index (χ4n) is 11.6. The van der Waals surface area contributed by atoms with E-state index in [2.05, 4.69) is 47.6 Å². The van der Waals surface area contributed by atoms with Gasteiger partial charge in [0.05, 0.1) is 18.8 Å². The molecule has 10 atom stereocenters. The summed E-state index contributed by atoms with van der Waals surface area (Å²) in [6.45, 7) is 15.6. The molecular weight excluding hydrogens is 392 g/mol. The summed E-state index contributed by atoms with van der Waals surface area (Å²) in [5.41, 5.74) is 3.65. The molecule has 1 heterocycles. The molecule has 0 aromatic rings. The van der Waals surface area contributed by atoms with Crippen molar-refractivity contribution in [2.24, 2.45) is 50.7 Å². The highest BCUT2D eigenvalue weighted by molar-refractivity contribution is 5.30. The zero-order chi connectivity index (χ0) is 22.7. The molecule has 6 fully saturated rings. The Morgan fingerprint density at radius 1 is 0.844 bits per heavy atom. The molecule has 0 amide bonds. The number of allylic oxidation sites excluding steroid dienone is 1. The number of aliphatic hydroxyl groups excluding tert-OH is 1. The topological polar surface area (TPSA) is 29.5 Å². The van der Waals surface area contributed by atoms with Crippen molar-refractivity contribution < 1.29 is 9.84 Å². The van der Waals surface area contributed by atoms with E-state index in [4.69, 9.17) is 4.74 Å². The fourth-order valence-corrected chi connectivity index (χ4v) is 11.6. The van der Waals surface area contributed by atoms with Gasteiger partial charge in [0, 0.05) is 0 Å². The summed E-state index contributed by atoms with van der Waals surface area (Å²) in [6, 6.07) is 0. The molecule has 2 nitrogen and oxygen atoms in total. The van der Waals surface area contributed by atoms with Crippen LogP contribution < -0.4 is 0 Å². The van der Waals surface area contributed by atoms with Crippen molar-refractivity contribution in [1.82, 2.24) is 0 Å². The van der Waals surface area contributed by atoms with Crippen LogP contribution in [0.5, 0.6) is 0 Å². The van der Waals surface area contributed by atoms with Gasteiger partial charge in [-0.3, -0.25) is 0 Å². The van der Waals surface area contributed by atoms with Crippen molar-refractivity contribution in [3.63, 3.8) is 0 Å². The summed E-state index contributed by atoms with van der Waals surface area (Å²) in [5.74, 6) is 3.26. The van der Waals surface area contributed by atoms with Gasteiger partial charge in [-0.1, -0.05) is 39.3 Å². The molecule has 1 aliphatic heterocycles. The van der Waals surface area contributed by atoms with Gasteiger partial charge in [0.15, 0.2) is 0 Å². The van der Waals surface area contributed by atoms with Crippen LogP contribution in [-0.4, -0.2) is 23.9 Å². The third-order valence-electron chi connectivity index (χ3n) is 13.3. The van der Waals surface area contributed by atoms with Crippen molar-refractivity contribution in [2.75, 3.05) is 6.61 Å². The van der Waals surface area contributed by atoms with E-state index in [1.165, 1.54) is 63.4 Å². The van der Waals surface area contributed by atoms with E-state index in [-0.39, 0.29) is 11.5 Å². The molecule has 0 bridgehead atoms. The van der Waals surface area contributed by atoms with Gasteiger partial charge in [-0.15, -0.1) is 0 Å². The van der Waals surface area contributed by atoms with Gasteiger partial charge in [0.25, 0.3) is 0 Å². The second-order valence-electron chi connectivity index (χ2n) is 14.6. The fraction of sp³-hybridized carbons (Fsp3) is 0.933. The molecule has 1 saturated heterocycles. The smallest absolute Gasteiger partial charge is 0.0761 e. The molecule has 6 rings (SSSR count). The lowest BCUT2D eigenvalue weighted by atomic mass is 9.41. The van der Waals surface area contributed by atoms with Gasteiger partial charge in [0.2, 0.25) is 0 Å². The quantitative estimate of drug-likeness (QED) is 0.462. The summed E-state index contributed by atoms with van der Waals surface area (Å²) in [7, 11) is 0. The van der Waals surface area contributed by atoms with Gasteiger partial charge in [-0.05, 0) is 129 Å². The molecule has 0 aromatic heterocycles. The molecule has 10 unspecified atom stereocenters. The number of hydrogen-bond acceptors (Lipinski definition) is 2. The SMILES string of the molecule is CC(C)=CC1CC(C2CCC3(C)C4CCC5C(C)(C)C(O)CCC56CC46CCC23C)CO1. The molecule has 1 N–H and O–H groups in total. The minimum absolute atomic E-state index is 0.0938. The van der Waals surface area contributed by atoms with Crippen LogP contribution in [0.1, 0.15) is 106 Å².